The summed E-state index contributed by atoms with van der Waals surface area (Å²) in [6.45, 7) is 10.6. The van der Waals surface area contributed by atoms with Crippen molar-refractivity contribution in [1.82, 2.24) is 15.5 Å². The van der Waals surface area contributed by atoms with E-state index in [1.54, 1.807) is 0 Å². The minimum absolute atomic E-state index is 0.0598. The number of piperidine rings is 1. The van der Waals surface area contributed by atoms with E-state index in [0.717, 1.165) is 56.6 Å². The van der Waals surface area contributed by atoms with E-state index in [1.165, 1.54) is 31.5 Å². The zero-order valence-corrected chi connectivity index (χ0v) is 17.4. The van der Waals surface area contributed by atoms with Crippen LogP contribution in [0.4, 0.5) is 5.69 Å². The van der Waals surface area contributed by atoms with Gasteiger partial charge in [-0.05, 0) is 69.8 Å². The number of para-hydroxylation sites is 1. The minimum atomic E-state index is 0.0598. The lowest BCUT2D eigenvalue weighted by molar-refractivity contribution is -0.117. The second-order valence-corrected chi connectivity index (χ2v) is 7.92. The number of carbonyl (C=O) groups excluding carboxylic acids is 1. The number of benzene rings is 1. The van der Waals surface area contributed by atoms with Gasteiger partial charge in [0.15, 0.2) is 5.96 Å². The van der Waals surface area contributed by atoms with Crippen molar-refractivity contribution in [3.05, 3.63) is 29.8 Å². The number of guanidine groups is 1. The number of aliphatic imine (C=N–C) groups is 1. The van der Waals surface area contributed by atoms with Crippen molar-refractivity contribution in [3.8, 4) is 0 Å². The van der Waals surface area contributed by atoms with E-state index in [0.29, 0.717) is 0 Å². The maximum absolute atomic E-state index is 12.6. The summed E-state index contributed by atoms with van der Waals surface area (Å²) in [6, 6.07) is 8.14. The molecular formula is C22H35N5O. The van der Waals surface area contributed by atoms with Gasteiger partial charge in [0, 0.05) is 25.3 Å². The second-order valence-electron chi connectivity index (χ2n) is 7.92. The molecule has 0 bridgehead atoms. The van der Waals surface area contributed by atoms with Crippen LogP contribution in [0, 0.1) is 5.92 Å². The first-order valence-corrected chi connectivity index (χ1v) is 10.8. The quantitative estimate of drug-likeness (QED) is 0.429. The van der Waals surface area contributed by atoms with Gasteiger partial charge in [0.1, 0.15) is 6.54 Å². The molecule has 1 saturated heterocycles. The van der Waals surface area contributed by atoms with Gasteiger partial charge < -0.3 is 20.4 Å². The molecule has 6 heteroatoms. The molecule has 0 spiro atoms. The van der Waals surface area contributed by atoms with E-state index in [2.05, 4.69) is 33.5 Å². The fraction of sp³-hybridized carbons (Fsp3) is 0.636. The smallest absolute Gasteiger partial charge is 0.248 e. The van der Waals surface area contributed by atoms with Crippen molar-refractivity contribution in [2.45, 2.75) is 39.5 Å². The third-order valence-electron chi connectivity index (χ3n) is 5.72. The lowest BCUT2D eigenvalue weighted by atomic mass is 9.99. The van der Waals surface area contributed by atoms with Crippen molar-refractivity contribution >= 4 is 17.6 Å². The van der Waals surface area contributed by atoms with Crippen LogP contribution in [0.2, 0.25) is 0 Å². The largest absolute Gasteiger partial charge is 0.357 e. The number of hydrogen-bond donors (Lipinski definition) is 2. The molecule has 0 aliphatic carbocycles. The molecule has 2 aliphatic rings. The molecule has 1 aromatic rings. The lowest BCUT2D eigenvalue weighted by Crippen LogP contribution is -2.40. The Balaban J connectivity index is 1.43. The summed E-state index contributed by atoms with van der Waals surface area (Å²) < 4.78 is 0. The Morgan fingerprint density at radius 2 is 1.96 bits per heavy atom. The highest BCUT2D eigenvalue weighted by Crippen LogP contribution is 2.27. The number of nitrogens with one attached hydrogen (secondary N) is 2. The molecule has 2 heterocycles. The average molecular weight is 386 g/mol. The fourth-order valence-corrected chi connectivity index (χ4v) is 3.97. The number of nitrogens with zero attached hydrogens (tertiary/aromatic N) is 3. The van der Waals surface area contributed by atoms with Gasteiger partial charge >= 0.3 is 0 Å². The first-order chi connectivity index (χ1) is 13.7. The predicted molar refractivity (Wildman–Crippen MR) is 116 cm³/mol. The predicted octanol–water partition coefficient (Wildman–Crippen LogP) is 2.25. The lowest BCUT2D eigenvalue weighted by Gasteiger charge is -2.30. The summed E-state index contributed by atoms with van der Waals surface area (Å²) in [6.07, 6.45) is 4.66. The zero-order valence-electron chi connectivity index (χ0n) is 17.4. The summed E-state index contributed by atoms with van der Waals surface area (Å²) >= 11 is 0. The summed E-state index contributed by atoms with van der Waals surface area (Å²) in [5.74, 6) is 1.67. The molecule has 0 saturated carbocycles. The Kier molecular flexibility index (Phi) is 7.71. The van der Waals surface area contributed by atoms with E-state index >= 15 is 0 Å². The molecule has 0 unspecified atom stereocenters. The van der Waals surface area contributed by atoms with Crippen LogP contribution in [0.15, 0.2) is 29.3 Å². The van der Waals surface area contributed by atoms with Crippen LogP contribution in [0.1, 0.15) is 38.7 Å². The minimum Gasteiger partial charge on any atom is -0.357 e. The molecule has 6 nitrogen and oxygen atoms in total. The van der Waals surface area contributed by atoms with Crippen molar-refractivity contribution < 1.29 is 4.79 Å². The van der Waals surface area contributed by atoms with Gasteiger partial charge in [-0.15, -0.1) is 0 Å². The molecule has 28 heavy (non-hydrogen) atoms. The number of carbonyl (C=O) groups is 1. The Morgan fingerprint density at radius 1 is 1.18 bits per heavy atom. The van der Waals surface area contributed by atoms with Gasteiger partial charge in [-0.1, -0.05) is 25.1 Å². The maximum atomic E-state index is 12.6. The van der Waals surface area contributed by atoms with Crippen LogP contribution in [0.5, 0.6) is 0 Å². The first-order valence-electron chi connectivity index (χ1n) is 10.8. The van der Waals surface area contributed by atoms with Gasteiger partial charge in [-0.3, -0.25) is 4.79 Å². The molecule has 1 fully saturated rings. The third-order valence-corrected chi connectivity index (χ3v) is 5.72. The summed E-state index contributed by atoms with van der Waals surface area (Å²) in [7, 11) is 0. The first kappa shape index (κ1) is 20.6. The van der Waals surface area contributed by atoms with Crippen LogP contribution >= 0.6 is 0 Å². The van der Waals surface area contributed by atoms with Gasteiger partial charge in [0.2, 0.25) is 5.91 Å². The highest BCUT2D eigenvalue weighted by atomic mass is 16.2. The molecule has 1 amide bonds. The van der Waals surface area contributed by atoms with E-state index in [4.69, 9.17) is 0 Å². The Hall–Kier alpha value is -2.08. The van der Waals surface area contributed by atoms with E-state index in [9.17, 15) is 4.79 Å². The Bertz CT molecular complexity index is 667. The summed E-state index contributed by atoms with van der Waals surface area (Å²) in [4.78, 5) is 21.6. The SMILES string of the molecule is CCNC(=NCC(=O)N1CCc2ccccc21)NCCCN1CCC(C)CC1. The molecule has 0 radical (unpaired) electrons. The fourth-order valence-electron chi connectivity index (χ4n) is 3.97. The molecule has 2 aliphatic heterocycles. The van der Waals surface area contributed by atoms with Crippen LogP contribution in [0.25, 0.3) is 0 Å². The molecule has 2 N–H and O–H groups in total. The number of anilines is 1. The van der Waals surface area contributed by atoms with Crippen molar-refractivity contribution in [3.63, 3.8) is 0 Å². The van der Waals surface area contributed by atoms with Crippen LogP contribution in [-0.4, -0.2) is 62.6 Å². The molecule has 3 rings (SSSR count). The maximum Gasteiger partial charge on any atom is 0.248 e. The molecule has 0 atom stereocenters. The van der Waals surface area contributed by atoms with Gasteiger partial charge in [-0.25, -0.2) is 4.99 Å². The number of likely N-dealkylation sites (tertiary alicyclic amines) is 1. The van der Waals surface area contributed by atoms with Crippen LogP contribution < -0.4 is 15.5 Å². The summed E-state index contributed by atoms with van der Waals surface area (Å²) in [5.41, 5.74) is 2.29. The average Bonchev–Trinajstić information content (AvgIpc) is 3.14. The molecule has 0 aromatic heterocycles. The highest BCUT2D eigenvalue weighted by molar-refractivity contribution is 5.98. The Labute approximate surface area is 169 Å². The van der Waals surface area contributed by atoms with Crippen LogP contribution in [0.3, 0.4) is 0 Å². The normalized spacial score (nSPS) is 18.2. The van der Waals surface area contributed by atoms with Crippen LogP contribution in [-0.2, 0) is 11.2 Å². The zero-order chi connectivity index (χ0) is 19.8. The van der Waals surface area contributed by atoms with Crippen molar-refractivity contribution in [2.75, 3.05) is 50.7 Å². The van der Waals surface area contributed by atoms with Gasteiger partial charge in [0.25, 0.3) is 0 Å². The summed E-state index contributed by atoms with van der Waals surface area (Å²) in [5, 5.41) is 6.62. The molecule has 154 valence electrons. The van der Waals surface area contributed by atoms with E-state index in [-0.39, 0.29) is 12.5 Å². The number of rotatable bonds is 7. The highest BCUT2D eigenvalue weighted by Gasteiger charge is 2.23. The molecule has 1 aromatic carbocycles. The van der Waals surface area contributed by atoms with E-state index in [1.807, 2.05) is 30.0 Å². The monoisotopic (exact) mass is 385 g/mol. The standard InChI is InChI=1S/C22H35N5O/c1-3-23-22(24-12-6-13-26-14-9-18(2)10-15-26)25-17-21(28)27-16-11-19-7-4-5-8-20(19)27/h4-5,7-8,18H,3,6,9-17H2,1-2H3,(H2,23,24,25). The second kappa shape index (κ2) is 10.5. The van der Waals surface area contributed by atoms with Crippen molar-refractivity contribution in [2.24, 2.45) is 10.9 Å². The third kappa shape index (κ3) is 5.71. The Morgan fingerprint density at radius 3 is 2.75 bits per heavy atom. The van der Waals surface area contributed by atoms with Gasteiger partial charge in [0.05, 0.1) is 0 Å². The topological polar surface area (TPSA) is 60.0 Å². The number of fused-ring (bicyclic) bond motifs is 1. The molecular weight excluding hydrogens is 350 g/mol. The number of amides is 1. The van der Waals surface area contributed by atoms with Gasteiger partial charge in [-0.2, -0.15) is 0 Å². The number of hydrogen-bond acceptors (Lipinski definition) is 3. The van der Waals surface area contributed by atoms with Crippen molar-refractivity contribution in [1.29, 1.82) is 0 Å². The van der Waals surface area contributed by atoms with E-state index < -0.39 is 0 Å².